The van der Waals surface area contributed by atoms with E-state index in [2.05, 4.69) is 9.78 Å². The maximum atomic E-state index is 6.45. The molecule has 1 aromatic heterocycles. The summed E-state index contributed by atoms with van der Waals surface area (Å²) >= 11 is 0. The molecule has 1 unspecified atom stereocenters. The number of anilines is 1. The van der Waals surface area contributed by atoms with Gasteiger partial charge in [0.15, 0.2) is 0 Å². The van der Waals surface area contributed by atoms with Crippen LogP contribution in [0.25, 0.3) is 10.9 Å². The zero-order valence-corrected chi connectivity index (χ0v) is 12.4. The van der Waals surface area contributed by atoms with E-state index in [0.717, 1.165) is 29.6 Å². The van der Waals surface area contributed by atoms with E-state index in [9.17, 15) is 0 Å². The van der Waals surface area contributed by atoms with Gasteiger partial charge >= 0.3 is 0 Å². The van der Waals surface area contributed by atoms with Gasteiger partial charge in [0.2, 0.25) is 0 Å². The molecule has 1 saturated carbocycles. The van der Waals surface area contributed by atoms with E-state index in [-0.39, 0.29) is 5.60 Å². The van der Waals surface area contributed by atoms with Crippen LogP contribution in [-0.4, -0.2) is 21.5 Å². The van der Waals surface area contributed by atoms with E-state index >= 15 is 0 Å². The lowest BCUT2D eigenvalue weighted by Crippen LogP contribution is -2.32. The van der Waals surface area contributed by atoms with Crippen molar-refractivity contribution in [3.63, 3.8) is 0 Å². The second-order valence-electron chi connectivity index (χ2n) is 6.67. The van der Waals surface area contributed by atoms with Crippen molar-refractivity contribution in [1.82, 2.24) is 9.78 Å². The largest absolute Gasteiger partial charge is 0.399 e. The molecule has 1 spiro atoms. The molecule has 1 aliphatic heterocycles. The molecule has 0 bridgehead atoms. The monoisotopic (exact) mass is 285 g/mol. The number of aromatic nitrogens is 2. The first-order valence-electron chi connectivity index (χ1n) is 8.13. The number of nitrogen functional groups attached to an aromatic ring is 1. The fourth-order valence-electron chi connectivity index (χ4n) is 4.01. The van der Waals surface area contributed by atoms with Gasteiger partial charge in [-0.15, -0.1) is 0 Å². The number of rotatable bonds is 2. The molecule has 2 N–H and O–H groups in total. The summed E-state index contributed by atoms with van der Waals surface area (Å²) in [6.07, 6.45) is 11.1. The van der Waals surface area contributed by atoms with Crippen molar-refractivity contribution in [2.75, 3.05) is 5.73 Å². The summed E-state index contributed by atoms with van der Waals surface area (Å²) in [6.45, 7) is 0.842. The van der Waals surface area contributed by atoms with Crippen molar-refractivity contribution in [2.24, 2.45) is 0 Å². The zero-order valence-electron chi connectivity index (χ0n) is 12.4. The van der Waals surface area contributed by atoms with Crippen LogP contribution in [0.4, 0.5) is 5.69 Å². The van der Waals surface area contributed by atoms with E-state index in [1.807, 2.05) is 24.4 Å². The second-order valence-corrected chi connectivity index (χ2v) is 6.67. The highest BCUT2D eigenvalue weighted by molar-refractivity contribution is 5.81. The van der Waals surface area contributed by atoms with Crippen LogP contribution in [0.3, 0.4) is 0 Å². The van der Waals surface area contributed by atoms with E-state index in [1.54, 1.807) is 0 Å². The van der Waals surface area contributed by atoms with Gasteiger partial charge in [-0.3, -0.25) is 4.68 Å². The standard InChI is InChI=1S/C17H23N3O/c18-14-5-4-13-11-19-20(16(13)10-14)12-15-6-9-17(21-15)7-2-1-3-8-17/h4-5,10-11,15H,1-3,6-9,12,18H2. The highest BCUT2D eigenvalue weighted by atomic mass is 16.5. The van der Waals surface area contributed by atoms with Crippen LogP contribution >= 0.6 is 0 Å². The van der Waals surface area contributed by atoms with E-state index in [4.69, 9.17) is 10.5 Å². The minimum absolute atomic E-state index is 0.185. The van der Waals surface area contributed by atoms with Gasteiger partial charge in [-0.1, -0.05) is 19.3 Å². The number of hydrogen-bond acceptors (Lipinski definition) is 3. The third-order valence-corrected chi connectivity index (χ3v) is 5.15. The van der Waals surface area contributed by atoms with Crippen LogP contribution in [0.5, 0.6) is 0 Å². The van der Waals surface area contributed by atoms with Crippen LogP contribution in [0.1, 0.15) is 44.9 Å². The summed E-state index contributed by atoms with van der Waals surface area (Å²) in [6, 6.07) is 5.97. The lowest BCUT2D eigenvalue weighted by atomic mass is 9.83. The maximum Gasteiger partial charge on any atom is 0.0779 e. The molecule has 0 radical (unpaired) electrons. The first kappa shape index (κ1) is 13.1. The predicted molar refractivity (Wildman–Crippen MR) is 84.1 cm³/mol. The Balaban J connectivity index is 1.52. The molecule has 2 aliphatic rings. The van der Waals surface area contributed by atoms with Crippen molar-refractivity contribution in [2.45, 2.75) is 63.2 Å². The third-order valence-electron chi connectivity index (χ3n) is 5.15. The molecule has 4 nitrogen and oxygen atoms in total. The smallest absolute Gasteiger partial charge is 0.0779 e. The summed E-state index contributed by atoms with van der Waals surface area (Å²) in [5.74, 6) is 0. The van der Waals surface area contributed by atoms with Gasteiger partial charge < -0.3 is 10.5 Å². The van der Waals surface area contributed by atoms with E-state index < -0.39 is 0 Å². The zero-order chi connectivity index (χ0) is 14.3. The molecule has 0 amide bonds. The fourth-order valence-corrected chi connectivity index (χ4v) is 4.01. The van der Waals surface area contributed by atoms with E-state index in [1.165, 1.54) is 38.5 Å². The first-order chi connectivity index (χ1) is 10.2. The number of ether oxygens (including phenoxy) is 1. The van der Waals surface area contributed by atoms with Crippen LogP contribution in [-0.2, 0) is 11.3 Å². The first-order valence-corrected chi connectivity index (χ1v) is 8.13. The quantitative estimate of drug-likeness (QED) is 0.859. The predicted octanol–water partition coefficient (Wildman–Crippen LogP) is 3.50. The van der Waals surface area contributed by atoms with Gasteiger partial charge in [-0.05, 0) is 43.9 Å². The van der Waals surface area contributed by atoms with Crippen LogP contribution < -0.4 is 5.73 Å². The Morgan fingerprint density at radius 1 is 1.24 bits per heavy atom. The average molecular weight is 285 g/mol. The van der Waals surface area contributed by atoms with Gasteiger partial charge in [-0.2, -0.15) is 5.10 Å². The molecule has 1 aliphatic carbocycles. The topological polar surface area (TPSA) is 53.1 Å². The van der Waals surface area contributed by atoms with Crippen LogP contribution in [0.15, 0.2) is 24.4 Å². The molecule has 2 fully saturated rings. The maximum absolute atomic E-state index is 6.45. The van der Waals surface area contributed by atoms with E-state index in [0.29, 0.717) is 6.10 Å². The number of nitrogens with two attached hydrogens (primary N) is 1. The number of hydrogen-bond donors (Lipinski definition) is 1. The van der Waals surface area contributed by atoms with Crippen molar-refractivity contribution in [3.8, 4) is 0 Å². The fraction of sp³-hybridized carbons (Fsp3) is 0.588. The lowest BCUT2D eigenvalue weighted by molar-refractivity contribution is -0.0685. The van der Waals surface area contributed by atoms with Crippen molar-refractivity contribution in [1.29, 1.82) is 0 Å². The Morgan fingerprint density at radius 2 is 2.10 bits per heavy atom. The van der Waals surface area contributed by atoms with Gasteiger partial charge in [0, 0.05) is 11.1 Å². The second kappa shape index (κ2) is 5.02. The third kappa shape index (κ3) is 2.42. The average Bonchev–Trinajstić information content (AvgIpc) is 3.06. The molecule has 2 heterocycles. The normalized spacial score (nSPS) is 24.9. The van der Waals surface area contributed by atoms with Crippen LogP contribution in [0.2, 0.25) is 0 Å². The molecule has 1 atom stereocenters. The molecule has 112 valence electrons. The molecular formula is C17H23N3O. The lowest BCUT2D eigenvalue weighted by Gasteiger charge is -2.33. The van der Waals surface area contributed by atoms with Gasteiger partial charge in [0.05, 0.1) is 30.0 Å². The number of nitrogens with zero attached hydrogens (tertiary/aromatic N) is 2. The van der Waals surface area contributed by atoms with Crippen molar-refractivity contribution < 1.29 is 4.74 Å². The molecular weight excluding hydrogens is 262 g/mol. The summed E-state index contributed by atoms with van der Waals surface area (Å²) in [5.41, 5.74) is 7.99. The Kier molecular flexibility index (Phi) is 3.14. The Morgan fingerprint density at radius 3 is 2.95 bits per heavy atom. The minimum atomic E-state index is 0.185. The Labute approximate surface area is 125 Å². The molecule has 21 heavy (non-hydrogen) atoms. The SMILES string of the molecule is Nc1ccc2cnn(CC3CCC4(CCCCC4)O3)c2c1. The van der Waals surface area contributed by atoms with Crippen molar-refractivity contribution in [3.05, 3.63) is 24.4 Å². The molecule has 1 saturated heterocycles. The van der Waals surface area contributed by atoms with Gasteiger partial charge in [0.25, 0.3) is 0 Å². The summed E-state index contributed by atoms with van der Waals surface area (Å²) < 4.78 is 8.50. The Bertz CT molecular complexity index is 643. The van der Waals surface area contributed by atoms with Crippen molar-refractivity contribution >= 4 is 16.6 Å². The molecule has 4 heteroatoms. The minimum Gasteiger partial charge on any atom is -0.399 e. The summed E-state index contributed by atoms with van der Waals surface area (Å²) in [7, 11) is 0. The number of benzene rings is 1. The molecule has 4 rings (SSSR count). The van der Waals surface area contributed by atoms with Gasteiger partial charge in [0.1, 0.15) is 0 Å². The highest BCUT2D eigenvalue weighted by Crippen LogP contribution is 2.42. The summed E-state index contributed by atoms with van der Waals surface area (Å²) in [5, 5.41) is 5.66. The number of fused-ring (bicyclic) bond motifs is 1. The Hall–Kier alpha value is -1.55. The summed E-state index contributed by atoms with van der Waals surface area (Å²) in [4.78, 5) is 0. The molecule has 2 aromatic rings. The highest BCUT2D eigenvalue weighted by Gasteiger charge is 2.40. The van der Waals surface area contributed by atoms with Gasteiger partial charge in [-0.25, -0.2) is 0 Å². The molecule has 1 aromatic carbocycles. The van der Waals surface area contributed by atoms with Crippen LogP contribution in [0, 0.1) is 0 Å².